The van der Waals surface area contributed by atoms with E-state index in [0.29, 0.717) is 13.2 Å². The molecule has 3 atom stereocenters. The lowest BCUT2D eigenvalue weighted by molar-refractivity contribution is -0.246. The van der Waals surface area contributed by atoms with Gasteiger partial charge in [0.1, 0.15) is 12.2 Å². The van der Waals surface area contributed by atoms with E-state index >= 15 is 0 Å². The van der Waals surface area contributed by atoms with Crippen molar-refractivity contribution >= 4 is 6.29 Å². The molecule has 1 aliphatic rings. The fourth-order valence-corrected chi connectivity index (χ4v) is 1.71. The molecule has 4 heteroatoms. The number of hydrogen-bond donors (Lipinski definition) is 0. The highest BCUT2D eigenvalue weighted by Crippen LogP contribution is 2.15. The predicted octanol–water partition coefficient (Wildman–Crippen LogP) is 1.53. The van der Waals surface area contributed by atoms with Gasteiger partial charge in [-0.15, -0.1) is 0 Å². The second-order valence-corrected chi connectivity index (χ2v) is 3.97. The van der Waals surface area contributed by atoms with Gasteiger partial charge in [-0.2, -0.15) is 0 Å². The maximum absolute atomic E-state index is 10.9. The Kier molecular flexibility index (Phi) is 4.25. The Labute approximate surface area is 100 Å². The first-order valence-electron chi connectivity index (χ1n) is 5.67. The molecule has 0 aromatic heterocycles. The predicted molar refractivity (Wildman–Crippen MR) is 61.4 cm³/mol. The van der Waals surface area contributed by atoms with E-state index in [1.54, 1.807) is 6.92 Å². The Morgan fingerprint density at radius 1 is 1.41 bits per heavy atom. The van der Waals surface area contributed by atoms with Crippen molar-refractivity contribution in [2.45, 2.75) is 32.0 Å². The summed E-state index contributed by atoms with van der Waals surface area (Å²) in [4.78, 5) is 10.9. The molecule has 0 spiro atoms. The van der Waals surface area contributed by atoms with E-state index in [-0.39, 0.29) is 12.4 Å². The normalized spacial score (nSPS) is 28.9. The van der Waals surface area contributed by atoms with E-state index in [2.05, 4.69) is 0 Å². The summed E-state index contributed by atoms with van der Waals surface area (Å²) in [5, 5.41) is 0. The van der Waals surface area contributed by atoms with Crippen LogP contribution in [0.15, 0.2) is 30.3 Å². The highest BCUT2D eigenvalue weighted by atomic mass is 16.7. The van der Waals surface area contributed by atoms with Crippen LogP contribution in [0.4, 0.5) is 0 Å². The molecule has 0 N–H and O–H groups in total. The summed E-state index contributed by atoms with van der Waals surface area (Å²) < 4.78 is 16.3. The molecule has 4 nitrogen and oxygen atoms in total. The SMILES string of the molecule is C[C@@H]1OC[C@@H](OCc2ccccc2)[C@H](C=O)O1. The molecule has 17 heavy (non-hydrogen) atoms. The first-order chi connectivity index (χ1) is 8.29. The topological polar surface area (TPSA) is 44.8 Å². The van der Waals surface area contributed by atoms with Gasteiger partial charge in [0, 0.05) is 0 Å². The van der Waals surface area contributed by atoms with Gasteiger partial charge < -0.3 is 19.0 Å². The minimum atomic E-state index is -0.539. The summed E-state index contributed by atoms with van der Waals surface area (Å²) in [7, 11) is 0. The Morgan fingerprint density at radius 2 is 2.18 bits per heavy atom. The minimum absolute atomic E-state index is 0.330. The third-order valence-corrected chi connectivity index (χ3v) is 2.65. The fraction of sp³-hybridized carbons (Fsp3) is 0.462. The third kappa shape index (κ3) is 3.36. The van der Waals surface area contributed by atoms with Crippen LogP contribution < -0.4 is 0 Å². The van der Waals surface area contributed by atoms with Gasteiger partial charge in [-0.25, -0.2) is 0 Å². The molecule has 0 amide bonds. The van der Waals surface area contributed by atoms with Crippen molar-refractivity contribution in [3.8, 4) is 0 Å². The van der Waals surface area contributed by atoms with Gasteiger partial charge in [-0.05, 0) is 12.5 Å². The van der Waals surface area contributed by atoms with Gasteiger partial charge in [0.25, 0.3) is 0 Å². The van der Waals surface area contributed by atoms with Crippen LogP contribution in [0.1, 0.15) is 12.5 Å². The van der Waals surface area contributed by atoms with Crippen molar-refractivity contribution in [2.75, 3.05) is 6.61 Å². The minimum Gasteiger partial charge on any atom is -0.368 e. The molecule has 0 radical (unpaired) electrons. The molecule has 0 aliphatic carbocycles. The lowest BCUT2D eigenvalue weighted by Gasteiger charge is -2.32. The Balaban J connectivity index is 1.88. The highest BCUT2D eigenvalue weighted by Gasteiger charge is 2.30. The summed E-state index contributed by atoms with van der Waals surface area (Å²) in [5.41, 5.74) is 1.07. The Hall–Kier alpha value is -1.23. The largest absolute Gasteiger partial charge is 0.368 e. The molecular weight excluding hydrogens is 220 g/mol. The number of rotatable bonds is 4. The molecule has 2 rings (SSSR count). The van der Waals surface area contributed by atoms with Gasteiger partial charge in [0.05, 0.1) is 13.2 Å². The smallest absolute Gasteiger partial charge is 0.156 e. The van der Waals surface area contributed by atoms with Gasteiger partial charge >= 0.3 is 0 Å². The van der Waals surface area contributed by atoms with Crippen molar-refractivity contribution in [1.82, 2.24) is 0 Å². The van der Waals surface area contributed by atoms with E-state index in [1.807, 2.05) is 30.3 Å². The standard InChI is InChI=1S/C13H16O4/c1-10-15-9-13(12(7-14)17-10)16-8-11-5-3-2-4-6-11/h2-7,10,12-13H,8-9H2,1H3/t10-,12+,13-/m1/s1. The lowest BCUT2D eigenvalue weighted by atomic mass is 10.2. The van der Waals surface area contributed by atoms with E-state index in [9.17, 15) is 4.79 Å². The number of benzene rings is 1. The maximum atomic E-state index is 10.9. The average molecular weight is 236 g/mol. The number of carbonyl (C=O) groups excluding carboxylic acids is 1. The molecule has 0 saturated carbocycles. The van der Waals surface area contributed by atoms with Crippen molar-refractivity contribution < 1.29 is 19.0 Å². The quantitative estimate of drug-likeness (QED) is 0.744. The van der Waals surface area contributed by atoms with E-state index < -0.39 is 6.10 Å². The van der Waals surface area contributed by atoms with Crippen LogP contribution >= 0.6 is 0 Å². The Bertz CT molecular complexity index is 352. The molecule has 1 aromatic carbocycles. The summed E-state index contributed by atoms with van der Waals surface area (Å²) in [6.07, 6.45) is -0.442. The van der Waals surface area contributed by atoms with Crippen LogP contribution in [0.25, 0.3) is 0 Å². The van der Waals surface area contributed by atoms with Crippen LogP contribution in [-0.2, 0) is 25.6 Å². The number of hydrogen-bond acceptors (Lipinski definition) is 4. The van der Waals surface area contributed by atoms with Crippen LogP contribution in [0.3, 0.4) is 0 Å². The van der Waals surface area contributed by atoms with Crippen molar-refractivity contribution in [1.29, 1.82) is 0 Å². The summed E-state index contributed by atoms with van der Waals surface area (Å²) in [6, 6.07) is 9.80. The zero-order chi connectivity index (χ0) is 12.1. The van der Waals surface area contributed by atoms with Crippen LogP contribution in [-0.4, -0.2) is 31.4 Å². The second-order valence-electron chi connectivity index (χ2n) is 3.97. The first-order valence-corrected chi connectivity index (χ1v) is 5.67. The number of aldehydes is 1. The average Bonchev–Trinajstić information content (AvgIpc) is 2.38. The molecule has 0 bridgehead atoms. The lowest BCUT2D eigenvalue weighted by Crippen LogP contribution is -2.45. The molecule has 1 heterocycles. The number of carbonyl (C=O) groups is 1. The van der Waals surface area contributed by atoms with E-state index in [0.717, 1.165) is 11.8 Å². The molecule has 0 unspecified atom stereocenters. The molecule has 92 valence electrons. The molecule has 1 aromatic rings. The summed E-state index contributed by atoms with van der Waals surface area (Å²) in [6.45, 7) is 2.61. The van der Waals surface area contributed by atoms with Crippen LogP contribution in [0, 0.1) is 0 Å². The zero-order valence-electron chi connectivity index (χ0n) is 9.74. The number of ether oxygens (including phenoxy) is 3. The van der Waals surface area contributed by atoms with Crippen LogP contribution in [0.5, 0.6) is 0 Å². The zero-order valence-corrected chi connectivity index (χ0v) is 9.74. The first kappa shape index (κ1) is 12.2. The monoisotopic (exact) mass is 236 g/mol. The molecular formula is C13H16O4. The molecule has 1 saturated heterocycles. The van der Waals surface area contributed by atoms with E-state index in [4.69, 9.17) is 14.2 Å². The molecule has 1 aliphatic heterocycles. The van der Waals surface area contributed by atoms with Crippen molar-refractivity contribution in [3.63, 3.8) is 0 Å². The van der Waals surface area contributed by atoms with Gasteiger partial charge in [-0.1, -0.05) is 30.3 Å². The van der Waals surface area contributed by atoms with Gasteiger partial charge in [0.15, 0.2) is 12.6 Å². The third-order valence-electron chi connectivity index (χ3n) is 2.65. The second kappa shape index (κ2) is 5.91. The van der Waals surface area contributed by atoms with Crippen molar-refractivity contribution in [2.24, 2.45) is 0 Å². The summed E-state index contributed by atoms with van der Waals surface area (Å²) in [5.74, 6) is 0. The van der Waals surface area contributed by atoms with Gasteiger partial charge in [-0.3, -0.25) is 0 Å². The Morgan fingerprint density at radius 3 is 2.88 bits per heavy atom. The van der Waals surface area contributed by atoms with Crippen molar-refractivity contribution in [3.05, 3.63) is 35.9 Å². The summed E-state index contributed by atoms with van der Waals surface area (Å²) >= 11 is 0. The fourth-order valence-electron chi connectivity index (χ4n) is 1.71. The van der Waals surface area contributed by atoms with E-state index in [1.165, 1.54) is 0 Å². The van der Waals surface area contributed by atoms with Gasteiger partial charge in [0.2, 0.25) is 0 Å². The van der Waals surface area contributed by atoms with Crippen LogP contribution in [0.2, 0.25) is 0 Å². The molecule has 1 fully saturated rings. The maximum Gasteiger partial charge on any atom is 0.156 e. The highest BCUT2D eigenvalue weighted by molar-refractivity contribution is 5.57.